The summed E-state index contributed by atoms with van der Waals surface area (Å²) >= 11 is 0. The number of carboxylic acids is 1. The molecule has 0 rings (SSSR count). The number of Topliss-reactive ketones (excluding diaryl/α,β-unsaturated/α-hetero) is 1. The fourth-order valence-corrected chi connectivity index (χ4v) is 1.48. The van der Waals surface area contributed by atoms with Crippen LogP contribution in [0.25, 0.3) is 0 Å². The average Bonchev–Trinajstić information content (AvgIpc) is 2.19. The highest BCUT2D eigenvalue weighted by Crippen LogP contribution is 2.13. The van der Waals surface area contributed by atoms with Gasteiger partial charge in [-0.3, -0.25) is 0 Å². The fourth-order valence-electron chi connectivity index (χ4n) is 1.48. The largest absolute Gasteiger partial charge is 0.480 e. The van der Waals surface area contributed by atoms with Crippen LogP contribution < -0.4 is 5.32 Å². The molecule has 6 heteroatoms. The number of aliphatic carboxylic acids is 1. The van der Waals surface area contributed by atoms with Crippen molar-refractivity contribution < 1.29 is 24.2 Å². The number of nitrogens with one attached hydrogen (secondary N) is 1. The van der Waals surface area contributed by atoms with Crippen molar-refractivity contribution in [2.75, 3.05) is 0 Å². The van der Waals surface area contributed by atoms with Gasteiger partial charge in [0.25, 0.3) is 0 Å². The first-order valence-electron chi connectivity index (χ1n) is 6.24. The van der Waals surface area contributed by atoms with Crippen LogP contribution >= 0.6 is 0 Å². The Hall–Kier alpha value is -1.59. The highest BCUT2D eigenvalue weighted by Gasteiger charge is 2.28. The summed E-state index contributed by atoms with van der Waals surface area (Å²) < 4.78 is 5.01. The summed E-state index contributed by atoms with van der Waals surface area (Å²) in [5.74, 6) is -1.50. The van der Waals surface area contributed by atoms with E-state index in [-0.39, 0.29) is 11.7 Å². The van der Waals surface area contributed by atoms with E-state index in [0.29, 0.717) is 12.8 Å². The van der Waals surface area contributed by atoms with Gasteiger partial charge in [-0.25, -0.2) is 9.59 Å². The predicted molar refractivity (Wildman–Crippen MR) is 69.9 cm³/mol. The second-order valence-corrected chi connectivity index (χ2v) is 5.68. The molecule has 0 aliphatic heterocycles. The van der Waals surface area contributed by atoms with Gasteiger partial charge in [-0.1, -0.05) is 6.92 Å². The second kappa shape index (κ2) is 7.11. The van der Waals surface area contributed by atoms with Crippen molar-refractivity contribution >= 4 is 17.8 Å². The molecule has 110 valence electrons. The van der Waals surface area contributed by atoms with Crippen LogP contribution in [-0.2, 0) is 14.3 Å². The number of rotatable bonds is 6. The summed E-state index contributed by atoms with van der Waals surface area (Å²) in [6.07, 6.45) is -0.0714. The zero-order valence-corrected chi connectivity index (χ0v) is 12.1. The van der Waals surface area contributed by atoms with Crippen molar-refractivity contribution in [2.24, 2.45) is 5.92 Å². The Balaban J connectivity index is 4.53. The summed E-state index contributed by atoms with van der Waals surface area (Å²) in [4.78, 5) is 33.6. The van der Waals surface area contributed by atoms with E-state index in [2.05, 4.69) is 5.32 Å². The third-order valence-electron chi connectivity index (χ3n) is 2.46. The molecular weight excluding hydrogens is 250 g/mol. The summed E-state index contributed by atoms with van der Waals surface area (Å²) in [7, 11) is 0. The van der Waals surface area contributed by atoms with E-state index >= 15 is 0 Å². The molecule has 0 aromatic heterocycles. The maximum absolute atomic E-state index is 11.6. The van der Waals surface area contributed by atoms with Crippen LogP contribution in [0.5, 0.6) is 0 Å². The lowest BCUT2D eigenvalue weighted by molar-refractivity contribution is -0.141. The lowest BCUT2D eigenvalue weighted by Gasteiger charge is -2.24. The normalized spacial score (nSPS) is 14.4. The Bertz CT molecular complexity index is 345. The van der Waals surface area contributed by atoms with Crippen LogP contribution in [0, 0.1) is 5.92 Å². The average molecular weight is 273 g/mol. The van der Waals surface area contributed by atoms with Crippen LogP contribution in [0.3, 0.4) is 0 Å². The molecule has 0 spiro atoms. The maximum atomic E-state index is 11.6. The minimum absolute atomic E-state index is 0.00624. The second-order valence-electron chi connectivity index (χ2n) is 5.68. The van der Waals surface area contributed by atoms with Crippen molar-refractivity contribution in [1.29, 1.82) is 0 Å². The summed E-state index contributed by atoms with van der Waals surface area (Å²) in [5.41, 5.74) is -0.685. The molecule has 0 radical (unpaired) electrons. The Morgan fingerprint density at radius 2 is 1.79 bits per heavy atom. The predicted octanol–water partition coefficient (Wildman–Crippen LogP) is 1.97. The molecule has 0 aromatic rings. The van der Waals surface area contributed by atoms with Crippen molar-refractivity contribution in [3.05, 3.63) is 0 Å². The quantitative estimate of drug-likeness (QED) is 0.771. The third kappa shape index (κ3) is 8.18. The number of carbonyl (C=O) groups excluding carboxylic acids is 2. The highest BCUT2D eigenvalue weighted by atomic mass is 16.6. The number of hydrogen-bond donors (Lipinski definition) is 2. The molecule has 2 N–H and O–H groups in total. The molecule has 6 nitrogen and oxygen atoms in total. The highest BCUT2D eigenvalue weighted by molar-refractivity contribution is 5.80. The van der Waals surface area contributed by atoms with E-state index in [0.717, 1.165) is 0 Å². The third-order valence-corrected chi connectivity index (χ3v) is 2.46. The van der Waals surface area contributed by atoms with Gasteiger partial charge >= 0.3 is 12.1 Å². The van der Waals surface area contributed by atoms with Gasteiger partial charge in [0.15, 0.2) is 0 Å². The van der Waals surface area contributed by atoms with Gasteiger partial charge in [0.05, 0.1) is 0 Å². The number of carboxylic acid groups (broad SMARTS) is 1. The summed E-state index contributed by atoms with van der Waals surface area (Å²) in [6, 6.07) is -1.06. The SMILES string of the molecule is CC(=O)CCC(C)[C@H](NC(=O)OC(C)(C)C)C(=O)O. The monoisotopic (exact) mass is 273 g/mol. The molecule has 0 bridgehead atoms. The minimum Gasteiger partial charge on any atom is -0.480 e. The van der Waals surface area contributed by atoms with Crippen LogP contribution in [0.1, 0.15) is 47.5 Å². The molecule has 0 aromatic carbocycles. The maximum Gasteiger partial charge on any atom is 0.408 e. The van der Waals surface area contributed by atoms with Gasteiger partial charge in [-0.15, -0.1) is 0 Å². The molecule has 19 heavy (non-hydrogen) atoms. The molecule has 0 aliphatic carbocycles. The Morgan fingerprint density at radius 3 is 2.16 bits per heavy atom. The first-order valence-corrected chi connectivity index (χ1v) is 6.24. The molecule has 1 amide bonds. The molecular formula is C13H23NO5. The number of carbonyl (C=O) groups is 3. The minimum atomic E-state index is -1.14. The van der Waals surface area contributed by atoms with Crippen molar-refractivity contribution in [3.63, 3.8) is 0 Å². The number of amides is 1. The van der Waals surface area contributed by atoms with Crippen LogP contribution in [0.2, 0.25) is 0 Å². The molecule has 2 atom stereocenters. The van der Waals surface area contributed by atoms with Crippen molar-refractivity contribution in [3.8, 4) is 0 Å². The zero-order chi connectivity index (χ0) is 15.2. The number of ketones is 1. The van der Waals surface area contributed by atoms with Gasteiger partial charge in [0.1, 0.15) is 17.4 Å². The molecule has 0 saturated heterocycles. The lowest BCUT2D eigenvalue weighted by Crippen LogP contribution is -2.47. The zero-order valence-electron chi connectivity index (χ0n) is 12.1. The van der Waals surface area contributed by atoms with Crippen molar-refractivity contribution in [2.45, 2.75) is 59.1 Å². The topological polar surface area (TPSA) is 92.7 Å². The summed E-state index contributed by atoms with van der Waals surface area (Å²) in [5, 5.41) is 11.4. The molecule has 0 heterocycles. The van der Waals surface area contributed by atoms with E-state index in [1.54, 1.807) is 27.7 Å². The molecule has 0 aliphatic rings. The van der Waals surface area contributed by atoms with Crippen LogP contribution in [-0.4, -0.2) is 34.6 Å². The Kier molecular flexibility index (Phi) is 6.52. The van der Waals surface area contributed by atoms with Crippen molar-refractivity contribution in [1.82, 2.24) is 5.32 Å². The standard InChI is InChI=1S/C13H23NO5/c1-8(6-7-9(2)15)10(11(16)17)14-12(18)19-13(3,4)5/h8,10H,6-7H2,1-5H3,(H,14,18)(H,16,17)/t8?,10-/m0/s1. The molecule has 0 fully saturated rings. The van der Waals surface area contributed by atoms with Gasteiger partial charge in [-0.05, 0) is 40.0 Å². The van der Waals surface area contributed by atoms with Gasteiger partial charge < -0.3 is 20.0 Å². The van der Waals surface area contributed by atoms with Gasteiger partial charge in [0, 0.05) is 6.42 Å². The van der Waals surface area contributed by atoms with E-state index < -0.39 is 23.7 Å². The first kappa shape index (κ1) is 17.4. The summed E-state index contributed by atoms with van der Waals surface area (Å²) in [6.45, 7) is 8.22. The van der Waals surface area contributed by atoms with Crippen LogP contribution in [0.15, 0.2) is 0 Å². The van der Waals surface area contributed by atoms with E-state index in [1.165, 1.54) is 6.92 Å². The fraction of sp³-hybridized carbons (Fsp3) is 0.769. The van der Waals surface area contributed by atoms with Crippen LogP contribution in [0.4, 0.5) is 4.79 Å². The number of alkyl carbamates (subject to hydrolysis) is 1. The van der Waals surface area contributed by atoms with E-state index in [1.807, 2.05) is 0 Å². The lowest BCUT2D eigenvalue weighted by atomic mass is 9.96. The van der Waals surface area contributed by atoms with Gasteiger partial charge in [0.2, 0.25) is 0 Å². The number of hydrogen-bond acceptors (Lipinski definition) is 4. The van der Waals surface area contributed by atoms with E-state index in [9.17, 15) is 14.4 Å². The Morgan fingerprint density at radius 1 is 1.26 bits per heavy atom. The first-order chi connectivity index (χ1) is 8.53. The van der Waals surface area contributed by atoms with E-state index in [4.69, 9.17) is 9.84 Å². The Labute approximate surface area is 113 Å². The number of ether oxygens (including phenoxy) is 1. The molecule has 0 saturated carbocycles. The molecule has 1 unspecified atom stereocenters. The van der Waals surface area contributed by atoms with Gasteiger partial charge in [-0.2, -0.15) is 0 Å². The smallest absolute Gasteiger partial charge is 0.408 e.